The molecule has 0 N–H and O–H groups in total. The lowest BCUT2D eigenvalue weighted by molar-refractivity contribution is 1.06. The molecule has 0 aliphatic heterocycles. The van der Waals surface area contributed by atoms with E-state index >= 15 is 0 Å². The Morgan fingerprint density at radius 3 is 2.59 bits per heavy atom. The highest BCUT2D eigenvalue weighted by Crippen LogP contribution is 2.34. The number of nitriles is 1. The molecule has 3 rings (SSSR count). The van der Waals surface area contributed by atoms with Gasteiger partial charge in [0.05, 0.1) is 23.0 Å². The molecule has 2 aromatic carbocycles. The SMILES string of the molecule is C=Cc1cc(-n2ccnc2)cc(Cl)c1-c1ccc(C#N)cc1. The van der Waals surface area contributed by atoms with Crippen LogP contribution in [0.4, 0.5) is 0 Å². The standard InChI is InChI=1S/C18H12ClN3/c1-2-14-9-16(22-8-7-21-12-22)10-17(19)18(14)15-5-3-13(11-20)4-6-15/h2-10,12H,1H2. The summed E-state index contributed by atoms with van der Waals surface area (Å²) in [6, 6.07) is 13.4. The van der Waals surface area contributed by atoms with E-state index < -0.39 is 0 Å². The van der Waals surface area contributed by atoms with Crippen LogP contribution >= 0.6 is 11.6 Å². The minimum atomic E-state index is 0.620. The molecule has 0 aliphatic rings. The summed E-state index contributed by atoms with van der Waals surface area (Å²) in [6.07, 6.45) is 7.08. The maximum Gasteiger partial charge on any atom is 0.0991 e. The molecule has 0 spiro atoms. The first-order chi connectivity index (χ1) is 10.7. The van der Waals surface area contributed by atoms with Gasteiger partial charge < -0.3 is 4.57 Å². The van der Waals surface area contributed by atoms with Crippen LogP contribution in [0.1, 0.15) is 11.1 Å². The molecule has 0 bridgehead atoms. The van der Waals surface area contributed by atoms with Gasteiger partial charge in [0, 0.05) is 23.6 Å². The van der Waals surface area contributed by atoms with Crippen molar-refractivity contribution in [3.05, 3.63) is 77.8 Å². The fourth-order valence-electron chi connectivity index (χ4n) is 2.35. The van der Waals surface area contributed by atoms with Crippen LogP contribution in [0.5, 0.6) is 0 Å². The van der Waals surface area contributed by atoms with Crippen molar-refractivity contribution in [1.29, 1.82) is 5.26 Å². The molecule has 106 valence electrons. The summed E-state index contributed by atoms with van der Waals surface area (Å²) in [7, 11) is 0. The van der Waals surface area contributed by atoms with Gasteiger partial charge in [0.25, 0.3) is 0 Å². The summed E-state index contributed by atoms with van der Waals surface area (Å²) in [5.74, 6) is 0. The number of rotatable bonds is 3. The molecule has 22 heavy (non-hydrogen) atoms. The van der Waals surface area contributed by atoms with Crippen molar-refractivity contribution < 1.29 is 0 Å². The van der Waals surface area contributed by atoms with E-state index in [9.17, 15) is 0 Å². The zero-order chi connectivity index (χ0) is 15.5. The van der Waals surface area contributed by atoms with E-state index in [1.165, 1.54) is 0 Å². The second-order valence-electron chi connectivity index (χ2n) is 4.76. The summed E-state index contributed by atoms with van der Waals surface area (Å²) >= 11 is 6.49. The third kappa shape index (κ3) is 2.52. The summed E-state index contributed by atoms with van der Waals surface area (Å²) in [5.41, 5.74) is 4.34. The van der Waals surface area contributed by atoms with Gasteiger partial charge in [0.2, 0.25) is 0 Å². The molecule has 0 amide bonds. The van der Waals surface area contributed by atoms with Crippen molar-refractivity contribution in [2.24, 2.45) is 0 Å². The summed E-state index contributed by atoms with van der Waals surface area (Å²) < 4.78 is 1.89. The van der Waals surface area contributed by atoms with E-state index in [4.69, 9.17) is 16.9 Å². The van der Waals surface area contributed by atoms with Crippen molar-refractivity contribution in [2.45, 2.75) is 0 Å². The van der Waals surface area contributed by atoms with Crippen LogP contribution < -0.4 is 0 Å². The molecular formula is C18H12ClN3. The van der Waals surface area contributed by atoms with E-state index in [2.05, 4.69) is 17.6 Å². The molecule has 0 atom stereocenters. The van der Waals surface area contributed by atoms with E-state index in [1.54, 1.807) is 30.7 Å². The van der Waals surface area contributed by atoms with Crippen LogP contribution in [0.25, 0.3) is 22.9 Å². The second-order valence-corrected chi connectivity index (χ2v) is 5.16. The van der Waals surface area contributed by atoms with Crippen molar-refractivity contribution in [1.82, 2.24) is 9.55 Å². The summed E-state index contributed by atoms with van der Waals surface area (Å²) in [6.45, 7) is 3.88. The molecular weight excluding hydrogens is 294 g/mol. The van der Waals surface area contributed by atoms with Crippen LogP contribution in [0, 0.1) is 11.3 Å². The monoisotopic (exact) mass is 305 g/mol. The van der Waals surface area contributed by atoms with Crippen LogP contribution in [0.3, 0.4) is 0 Å². The van der Waals surface area contributed by atoms with Crippen molar-refractivity contribution in [2.75, 3.05) is 0 Å². The van der Waals surface area contributed by atoms with E-state index in [0.717, 1.165) is 22.4 Å². The lowest BCUT2D eigenvalue weighted by atomic mass is 9.98. The minimum absolute atomic E-state index is 0.620. The molecule has 0 saturated heterocycles. The van der Waals surface area contributed by atoms with E-state index in [-0.39, 0.29) is 0 Å². The average molecular weight is 306 g/mol. The number of benzene rings is 2. The lowest BCUT2D eigenvalue weighted by Crippen LogP contribution is -1.94. The molecule has 0 saturated carbocycles. The van der Waals surface area contributed by atoms with Crippen LogP contribution in [-0.2, 0) is 0 Å². The van der Waals surface area contributed by atoms with Crippen LogP contribution in [0.2, 0.25) is 5.02 Å². The summed E-state index contributed by atoms with van der Waals surface area (Å²) in [4.78, 5) is 4.05. The number of halogens is 1. The van der Waals surface area contributed by atoms with Gasteiger partial charge in [-0.3, -0.25) is 0 Å². The molecule has 0 fully saturated rings. The lowest BCUT2D eigenvalue weighted by Gasteiger charge is -2.12. The van der Waals surface area contributed by atoms with Gasteiger partial charge in [0.1, 0.15) is 0 Å². The first-order valence-corrected chi connectivity index (χ1v) is 7.05. The van der Waals surface area contributed by atoms with E-state index in [1.807, 2.05) is 35.0 Å². The van der Waals surface area contributed by atoms with Gasteiger partial charge in [-0.25, -0.2) is 4.98 Å². The highest BCUT2D eigenvalue weighted by molar-refractivity contribution is 6.34. The van der Waals surface area contributed by atoms with E-state index in [0.29, 0.717) is 10.6 Å². The highest BCUT2D eigenvalue weighted by Gasteiger charge is 2.11. The smallest absolute Gasteiger partial charge is 0.0991 e. The molecule has 1 aromatic heterocycles. The van der Waals surface area contributed by atoms with Gasteiger partial charge in [-0.05, 0) is 35.4 Å². The van der Waals surface area contributed by atoms with Gasteiger partial charge in [-0.1, -0.05) is 36.4 Å². The number of nitrogens with zero attached hydrogens (tertiary/aromatic N) is 3. The topological polar surface area (TPSA) is 41.6 Å². The second kappa shape index (κ2) is 5.88. The van der Waals surface area contributed by atoms with Crippen LogP contribution in [0.15, 0.2) is 61.7 Å². The molecule has 3 aromatic rings. The predicted octanol–water partition coefficient (Wildman–Crippen LogP) is 4.71. The maximum absolute atomic E-state index is 8.90. The molecule has 1 heterocycles. The number of imidazole rings is 1. The quantitative estimate of drug-likeness (QED) is 0.703. The number of hydrogen-bond acceptors (Lipinski definition) is 2. The van der Waals surface area contributed by atoms with Crippen LogP contribution in [-0.4, -0.2) is 9.55 Å². The molecule has 0 aliphatic carbocycles. The summed E-state index contributed by atoms with van der Waals surface area (Å²) in [5, 5.41) is 9.53. The first-order valence-electron chi connectivity index (χ1n) is 6.68. The van der Waals surface area contributed by atoms with Crippen molar-refractivity contribution in [3.8, 4) is 22.9 Å². The Morgan fingerprint density at radius 2 is 2.00 bits per heavy atom. The molecule has 0 unspecified atom stereocenters. The van der Waals surface area contributed by atoms with Crippen molar-refractivity contribution >= 4 is 17.7 Å². The molecule has 0 radical (unpaired) electrons. The largest absolute Gasteiger partial charge is 0.306 e. The minimum Gasteiger partial charge on any atom is -0.306 e. The zero-order valence-corrected chi connectivity index (χ0v) is 12.5. The Labute approximate surface area is 133 Å². The maximum atomic E-state index is 8.90. The van der Waals surface area contributed by atoms with Gasteiger partial charge in [0.15, 0.2) is 0 Å². The zero-order valence-electron chi connectivity index (χ0n) is 11.7. The molecule has 4 heteroatoms. The van der Waals surface area contributed by atoms with Gasteiger partial charge in [-0.15, -0.1) is 0 Å². The number of hydrogen-bond donors (Lipinski definition) is 0. The Morgan fingerprint density at radius 1 is 1.23 bits per heavy atom. The highest BCUT2D eigenvalue weighted by atomic mass is 35.5. The molecule has 3 nitrogen and oxygen atoms in total. The fourth-order valence-corrected chi connectivity index (χ4v) is 2.68. The average Bonchev–Trinajstić information content (AvgIpc) is 3.08. The Hall–Kier alpha value is -2.83. The predicted molar refractivity (Wildman–Crippen MR) is 88.8 cm³/mol. The Kier molecular flexibility index (Phi) is 3.78. The first kappa shape index (κ1) is 14.1. The third-order valence-electron chi connectivity index (χ3n) is 3.43. The number of aromatic nitrogens is 2. The van der Waals surface area contributed by atoms with Crippen molar-refractivity contribution in [3.63, 3.8) is 0 Å². The van der Waals surface area contributed by atoms with Gasteiger partial charge in [-0.2, -0.15) is 5.26 Å². The Bertz CT molecular complexity index is 857. The van der Waals surface area contributed by atoms with Gasteiger partial charge >= 0.3 is 0 Å². The third-order valence-corrected chi connectivity index (χ3v) is 3.73. The fraction of sp³-hybridized carbons (Fsp3) is 0. The normalized spacial score (nSPS) is 10.2. The Balaban J connectivity index is 2.15.